The highest BCUT2D eigenvalue weighted by Gasteiger charge is 2.39. The van der Waals surface area contributed by atoms with Crippen LogP contribution in [0.1, 0.15) is 52.0 Å². The molecule has 3 heterocycles. The van der Waals surface area contributed by atoms with Crippen molar-refractivity contribution in [2.24, 2.45) is 0 Å². The molecule has 1 unspecified atom stereocenters. The van der Waals surface area contributed by atoms with Crippen LogP contribution in [0.15, 0.2) is 48.5 Å². The highest BCUT2D eigenvalue weighted by molar-refractivity contribution is 6.08. The van der Waals surface area contributed by atoms with Gasteiger partial charge in [0.25, 0.3) is 11.8 Å². The second kappa shape index (κ2) is 7.76. The van der Waals surface area contributed by atoms with Gasteiger partial charge in [-0.2, -0.15) is 0 Å². The molecule has 170 valence electrons. The predicted molar refractivity (Wildman–Crippen MR) is 124 cm³/mol. The number of para-hydroxylation sites is 1. The van der Waals surface area contributed by atoms with Gasteiger partial charge in [0.15, 0.2) is 0 Å². The van der Waals surface area contributed by atoms with E-state index in [1.807, 2.05) is 36.4 Å². The van der Waals surface area contributed by atoms with E-state index in [2.05, 4.69) is 10.6 Å². The molecule has 2 fully saturated rings. The van der Waals surface area contributed by atoms with Crippen LogP contribution >= 0.6 is 0 Å². The number of benzene rings is 2. The largest absolute Gasteiger partial charge is 0.349 e. The van der Waals surface area contributed by atoms with Crippen LogP contribution in [0.25, 0.3) is 22.2 Å². The minimum Gasteiger partial charge on any atom is -0.349 e. The lowest BCUT2D eigenvalue weighted by atomic mass is 10.0. The first-order valence-electron chi connectivity index (χ1n) is 11.5. The van der Waals surface area contributed by atoms with Crippen molar-refractivity contribution in [3.8, 4) is 11.3 Å². The van der Waals surface area contributed by atoms with E-state index in [0.717, 1.165) is 34.9 Å². The van der Waals surface area contributed by atoms with Crippen molar-refractivity contribution >= 4 is 34.5 Å². The first kappa shape index (κ1) is 20.5. The molecule has 0 spiro atoms. The minimum atomic E-state index is -0.655. The summed E-state index contributed by atoms with van der Waals surface area (Å²) in [7, 11) is 0. The summed E-state index contributed by atoms with van der Waals surface area (Å²) in [5.41, 5.74) is 4.08. The van der Waals surface area contributed by atoms with Gasteiger partial charge < -0.3 is 10.2 Å². The van der Waals surface area contributed by atoms with Gasteiger partial charge in [-0.1, -0.05) is 24.3 Å². The predicted octanol–water partition coefficient (Wildman–Crippen LogP) is 2.56. The number of hydrogen-bond donors (Lipinski definition) is 2. The van der Waals surface area contributed by atoms with Crippen LogP contribution in [0.5, 0.6) is 0 Å². The Morgan fingerprint density at radius 3 is 2.65 bits per heavy atom. The molecule has 4 amide bonds. The number of amides is 4. The first-order valence-corrected chi connectivity index (χ1v) is 11.5. The molecule has 2 N–H and O–H groups in total. The third kappa shape index (κ3) is 3.51. The maximum Gasteiger partial charge on any atom is 0.255 e. The summed E-state index contributed by atoms with van der Waals surface area (Å²) in [6.07, 6.45) is 2.55. The number of piperidine rings is 1. The summed E-state index contributed by atoms with van der Waals surface area (Å²) < 4.78 is 0. The van der Waals surface area contributed by atoms with Crippen molar-refractivity contribution in [2.75, 3.05) is 0 Å². The molecular weight excluding hydrogens is 432 g/mol. The normalized spacial score (nSPS) is 19.8. The summed E-state index contributed by atoms with van der Waals surface area (Å²) in [5.74, 6) is -1.06. The lowest BCUT2D eigenvalue weighted by molar-refractivity contribution is -0.136. The van der Waals surface area contributed by atoms with Crippen molar-refractivity contribution in [2.45, 2.75) is 44.3 Å². The average molecular weight is 454 g/mol. The van der Waals surface area contributed by atoms with E-state index in [-0.39, 0.29) is 36.7 Å². The van der Waals surface area contributed by atoms with Crippen LogP contribution in [0.4, 0.5) is 0 Å². The Bertz CT molecular complexity index is 1390. The van der Waals surface area contributed by atoms with Gasteiger partial charge >= 0.3 is 0 Å². The lowest BCUT2D eigenvalue weighted by Gasteiger charge is -2.29. The average Bonchev–Trinajstić information content (AvgIpc) is 3.59. The van der Waals surface area contributed by atoms with Crippen molar-refractivity contribution in [1.29, 1.82) is 0 Å². The van der Waals surface area contributed by atoms with Gasteiger partial charge in [-0.25, -0.2) is 4.98 Å². The van der Waals surface area contributed by atoms with E-state index >= 15 is 0 Å². The zero-order valence-corrected chi connectivity index (χ0v) is 18.3. The molecule has 1 atom stereocenters. The first-order chi connectivity index (χ1) is 16.5. The molecule has 1 saturated heterocycles. The smallest absolute Gasteiger partial charge is 0.255 e. The standard InChI is InChI=1S/C26H22N4O4/c31-23-10-9-22(25(33)29-23)30-13-15-11-14(5-8-17(15)26(30)34)21-12-19(24(32)27-16-6-7-16)18-3-1-2-4-20(18)28-21/h1-5,8,11-12,16,22H,6-7,9-10,13H2,(H,27,32)(H,29,31,33). The minimum absolute atomic E-state index is 0.109. The van der Waals surface area contributed by atoms with E-state index in [4.69, 9.17) is 4.98 Å². The van der Waals surface area contributed by atoms with Gasteiger partial charge in [0.2, 0.25) is 11.8 Å². The van der Waals surface area contributed by atoms with Crippen LogP contribution in [-0.4, -0.2) is 45.6 Å². The van der Waals surface area contributed by atoms with Gasteiger partial charge in [0.05, 0.1) is 16.8 Å². The summed E-state index contributed by atoms with van der Waals surface area (Å²) in [4.78, 5) is 56.0. The maximum absolute atomic E-state index is 13.0. The van der Waals surface area contributed by atoms with Crippen LogP contribution in [0, 0.1) is 0 Å². The molecule has 6 rings (SSSR count). The van der Waals surface area contributed by atoms with Crippen molar-refractivity contribution in [1.82, 2.24) is 20.5 Å². The number of hydrogen-bond acceptors (Lipinski definition) is 5. The van der Waals surface area contributed by atoms with E-state index in [1.165, 1.54) is 4.90 Å². The number of carbonyl (C=O) groups is 4. The molecule has 34 heavy (non-hydrogen) atoms. The Kier molecular flexibility index (Phi) is 4.69. The second-order valence-electron chi connectivity index (χ2n) is 9.09. The zero-order valence-electron chi connectivity index (χ0n) is 18.3. The van der Waals surface area contributed by atoms with Crippen molar-refractivity contribution in [3.05, 3.63) is 65.2 Å². The molecule has 1 aliphatic carbocycles. The van der Waals surface area contributed by atoms with Crippen LogP contribution in [0.2, 0.25) is 0 Å². The van der Waals surface area contributed by atoms with Crippen LogP contribution in [-0.2, 0) is 16.1 Å². The highest BCUT2D eigenvalue weighted by Crippen LogP contribution is 2.32. The molecule has 8 heteroatoms. The Labute approximate surface area is 195 Å². The van der Waals surface area contributed by atoms with Crippen LogP contribution < -0.4 is 10.6 Å². The highest BCUT2D eigenvalue weighted by atomic mass is 16.2. The quantitative estimate of drug-likeness (QED) is 0.589. The summed E-state index contributed by atoms with van der Waals surface area (Å²) in [6, 6.07) is 14.4. The molecule has 0 bridgehead atoms. The molecule has 8 nitrogen and oxygen atoms in total. The number of carbonyl (C=O) groups excluding carboxylic acids is 4. The van der Waals surface area contributed by atoms with Gasteiger partial charge in [-0.15, -0.1) is 0 Å². The van der Waals surface area contributed by atoms with E-state index in [1.54, 1.807) is 12.1 Å². The molecule has 2 aromatic carbocycles. The third-order valence-electron chi connectivity index (χ3n) is 6.69. The Morgan fingerprint density at radius 2 is 1.85 bits per heavy atom. The number of nitrogens with one attached hydrogen (secondary N) is 2. The Morgan fingerprint density at radius 1 is 1.03 bits per heavy atom. The SMILES string of the molecule is O=C1CCC(N2Cc3cc(-c4cc(C(=O)NC5CC5)c5ccccc5n4)ccc3C2=O)C(=O)N1. The molecule has 0 radical (unpaired) electrons. The van der Waals surface area contributed by atoms with E-state index in [0.29, 0.717) is 23.2 Å². The topological polar surface area (TPSA) is 108 Å². The molecule has 3 aromatic rings. The van der Waals surface area contributed by atoms with Crippen molar-refractivity contribution < 1.29 is 19.2 Å². The Balaban J connectivity index is 1.35. The summed E-state index contributed by atoms with van der Waals surface area (Å²) in [6.45, 7) is 0.289. The van der Waals surface area contributed by atoms with Gasteiger partial charge in [-0.3, -0.25) is 24.5 Å². The van der Waals surface area contributed by atoms with Crippen molar-refractivity contribution in [3.63, 3.8) is 0 Å². The summed E-state index contributed by atoms with van der Waals surface area (Å²) >= 11 is 0. The fraction of sp³-hybridized carbons (Fsp3) is 0.269. The molecule has 1 aromatic heterocycles. The maximum atomic E-state index is 13.0. The number of imide groups is 1. The van der Waals surface area contributed by atoms with E-state index < -0.39 is 11.9 Å². The van der Waals surface area contributed by atoms with Gasteiger partial charge in [0.1, 0.15) is 6.04 Å². The zero-order chi connectivity index (χ0) is 23.4. The van der Waals surface area contributed by atoms with Gasteiger partial charge in [-0.05, 0) is 49.1 Å². The summed E-state index contributed by atoms with van der Waals surface area (Å²) in [5, 5.41) is 6.18. The molecule has 3 aliphatic rings. The lowest BCUT2D eigenvalue weighted by Crippen LogP contribution is -2.52. The fourth-order valence-corrected chi connectivity index (χ4v) is 4.74. The number of nitrogens with zero attached hydrogens (tertiary/aromatic N) is 2. The number of rotatable bonds is 4. The molecule has 1 saturated carbocycles. The number of pyridine rings is 1. The third-order valence-corrected chi connectivity index (χ3v) is 6.69. The fourth-order valence-electron chi connectivity index (χ4n) is 4.74. The molecular formula is C26H22N4O4. The van der Waals surface area contributed by atoms with E-state index in [9.17, 15) is 19.2 Å². The second-order valence-corrected chi connectivity index (χ2v) is 9.09. The van der Waals surface area contributed by atoms with Gasteiger partial charge in [0, 0.05) is 35.5 Å². The number of aromatic nitrogens is 1. The van der Waals surface area contributed by atoms with Crippen LogP contribution in [0.3, 0.4) is 0 Å². The molecule has 2 aliphatic heterocycles. The Hall–Kier alpha value is -4.07. The number of fused-ring (bicyclic) bond motifs is 2. The monoisotopic (exact) mass is 454 g/mol.